The Hall–Kier alpha value is -1.48. The minimum atomic E-state index is -0.0152. The summed E-state index contributed by atoms with van der Waals surface area (Å²) in [4.78, 5) is 11.9. The summed E-state index contributed by atoms with van der Waals surface area (Å²) in [5.74, 6) is 0.793. The predicted octanol–water partition coefficient (Wildman–Crippen LogP) is 2.34. The molecule has 0 aromatic heterocycles. The van der Waals surface area contributed by atoms with E-state index in [-0.39, 0.29) is 5.78 Å². The Morgan fingerprint density at radius 1 is 1.12 bits per heavy atom. The highest BCUT2D eigenvalue weighted by Gasteiger charge is 2.06. The van der Waals surface area contributed by atoms with Gasteiger partial charge in [0.1, 0.15) is 5.82 Å². The number of hydrogen-bond donors (Lipinski definition) is 2. The zero-order valence-electron chi connectivity index (χ0n) is 9.50. The predicted molar refractivity (Wildman–Crippen MR) is 69.1 cm³/mol. The van der Waals surface area contributed by atoms with Crippen LogP contribution in [0.1, 0.15) is 23.2 Å². The minimum absolute atomic E-state index is 0.0152. The molecule has 1 aliphatic heterocycles. The Balaban J connectivity index is 2.09. The fourth-order valence-corrected chi connectivity index (χ4v) is 1.82. The molecule has 0 unspecified atom stereocenters. The molecule has 0 spiro atoms. The Bertz CT molecular complexity index is 416. The highest BCUT2D eigenvalue weighted by atomic mass is 35.5. The first kappa shape index (κ1) is 12.0. The van der Waals surface area contributed by atoms with E-state index in [1.807, 2.05) is 0 Å². The lowest BCUT2D eigenvalue weighted by Gasteiger charge is -2.07. The smallest absolute Gasteiger partial charge is 0.189 e. The lowest BCUT2D eigenvalue weighted by atomic mass is 10.1. The van der Waals surface area contributed by atoms with Crippen LogP contribution in [0.4, 0.5) is 0 Å². The molecule has 1 aliphatic rings. The van der Waals surface area contributed by atoms with Crippen molar-refractivity contribution in [3.05, 3.63) is 46.7 Å². The minimum Gasteiger partial charge on any atom is -0.372 e. The summed E-state index contributed by atoms with van der Waals surface area (Å²) in [6, 6.07) is 6.92. The SMILES string of the molecule is O=C(C=C1NCCCCN1)c1ccc(Cl)cc1. The molecule has 1 aromatic rings. The summed E-state index contributed by atoms with van der Waals surface area (Å²) in [5, 5.41) is 7.03. The van der Waals surface area contributed by atoms with Gasteiger partial charge in [-0.3, -0.25) is 4.79 Å². The van der Waals surface area contributed by atoms with Crippen molar-refractivity contribution in [2.75, 3.05) is 13.1 Å². The van der Waals surface area contributed by atoms with Crippen molar-refractivity contribution in [1.82, 2.24) is 10.6 Å². The first-order valence-electron chi connectivity index (χ1n) is 5.75. The number of benzene rings is 1. The Morgan fingerprint density at radius 3 is 2.29 bits per heavy atom. The third-order valence-corrected chi connectivity index (χ3v) is 2.89. The molecule has 2 rings (SSSR count). The van der Waals surface area contributed by atoms with Gasteiger partial charge < -0.3 is 10.6 Å². The third-order valence-electron chi connectivity index (χ3n) is 2.64. The third kappa shape index (κ3) is 3.49. The van der Waals surface area contributed by atoms with Gasteiger partial charge in [0.05, 0.1) is 0 Å². The van der Waals surface area contributed by atoms with E-state index in [1.165, 1.54) is 0 Å². The van der Waals surface area contributed by atoms with Gasteiger partial charge in [0.25, 0.3) is 0 Å². The van der Waals surface area contributed by atoms with E-state index in [0.29, 0.717) is 10.6 Å². The summed E-state index contributed by atoms with van der Waals surface area (Å²) in [6.45, 7) is 1.82. The van der Waals surface area contributed by atoms with Crippen molar-refractivity contribution >= 4 is 17.4 Å². The van der Waals surface area contributed by atoms with Crippen LogP contribution in [0.3, 0.4) is 0 Å². The largest absolute Gasteiger partial charge is 0.372 e. The number of rotatable bonds is 2. The number of halogens is 1. The highest BCUT2D eigenvalue weighted by molar-refractivity contribution is 6.30. The van der Waals surface area contributed by atoms with E-state index in [2.05, 4.69) is 10.6 Å². The van der Waals surface area contributed by atoms with Crippen LogP contribution in [0.25, 0.3) is 0 Å². The summed E-state index contributed by atoms with van der Waals surface area (Å²) in [5.41, 5.74) is 0.648. The second kappa shape index (κ2) is 5.73. The summed E-state index contributed by atoms with van der Waals surface area (Å²) < 4.78 is 0. The van der Waals surface area contributed by atoms with Crippen LogP contribution < -0.4 is 10.6 Å². The van der Waals surface area contributed by atoms with Gasteiger partial charge in [0, 0.05) is 29.8 Å². The zero-order chi connectivity index (χ0) is 12.1. The molecule has 1 saturated heterocycles. The van der Waals surface area contributed by atoms with Crippen LogP contribution in [0.2, 0.25) is 5.02 Å². The van der Waals surface area contributed by atoms with Crippen molar-refractivity contribution in [1.29, 1.82) is 0 Å². The Morgan fingerprint density at radius 2 is 1.71 bits per heavy atom. The summed E-state index contributed by atoms with van der Waals surface area (Å²) in [7, 11) is 0. The molecule has 1 heterocycles. The number of carbonyl (C=O) groups excluding carboxylic acids is 1. The molecule has 2 N–H and O–H groups in total. The average Bonchev–Trinajstić information content (AvgIpc) is 2.58. The fraction of sp³-hybridized carbons (Fsp3) is 0.308. The first-order chi connectivity index (χ1) is 8.25. The van der Waals surface area contributed by atoms with Gasteiger partial charge in [-0.25, -0.2) is 0 Å². The number of nitrogens with one attached hydrogen (secondary N) is 2. The zero-order valence-corrected chi connectivity index (χ0v) is 10.3. The molecule has 0 bridgehead atoms. The lowest BCUT2D eigenvalue weighted by Crippen LogP contribution is -2.24. The molecule has 0 saturated carbocycles. The van der Waals surface area contributed by atoms with Crippen molar-refractivity contribution in [2.24, 2.45) is 0 Å². The molecule has 0 atom stereocenters. The molecule has 0 amide bonds. The maximum atomic E-state index is 11.9. The molecular formula is C13H15ClN2O. The van der Waals surface area contributed by atoms with Gasteiger partial charge in [-0.2, -0.15) is 0 Å². The van der Waals surface area contributed by atoms with Gasteiger partial charge in [0.15, 0.2) is 5.78 Å². The second-order valence-corrected chi connectivity index (χ2v) is 4.43. The van der Waals surface area contributed by atoms with Crippen molar-refractivity contribution < 1.29 is 4.79 Å². The fourth-order valence-electron chi connectivity index (χ4n) is 1.69. The van der Waals surface area contributed by atoms with Crippen molar-refractivity contribution in [3.63, 3.8) is 0 Å². The molecule has 90 valence electrons. The number of hydrogen-bond acceptors (Lipinski definition) is 3. The van der Waals surface area contributed by atoms with Crippen LogP contribution in [-0.2, 0) is 0 Å². The van der Waals surface area contributed by atoms with E-state index in [1.54, 1.807) is 30.3 Å². The van der Waals surface area contributed by atoms with Crippen LogP contribution in [0, 0.1) is 0 Å². The first-order valence-corrected chi connectivity index (χ1v) is 6.13. The van der Waals surface area contributed by atoms with Gasteiger partial charge >= 0.3 is 0 Å². The molecule has 4 heteroatoms. The van der Waals surface area contributed by atoms with Crippen LogP contribution >= 0.6 is 11.6 Å². The van der Waals surface area contributed by atoms with E-state index in [0.717, 1.165) is 31.8 Å². The van der Waals surface area contributed by atoms with Gasteiger partial charge in [-0.15, -0.1) is 0 Å². The average molecular weight is 251 g/mol. The standard InChI is InChI=1S/C13H15ClN2O/c14-11-5-3-10(4-6-11)12(17)9-13-15-7-1-2-8-16-13/h3-6,9,15-16H,1-2,7-8H2. The van der Waals surface area contributed by atoms with E-state index in [4.69, 9.17) is 11.6 Å². The number of carbonyl (C=O) groups is 1. The molecule has 17 heavy (non-hydrogen) atoms. The number of allylic oxidation sites excluding steroid dienone is 1. The highest BCUT2D eigenvalue weighted by Crippen LogP contribution is 2.10. The second-order valence-electron chi connectivity index (χ2n) is 3.99. The molecule has 0 radical (unpaired) electrons. The molecule has 1 aromatic carbocycles. The maximum absolute atomic E-state index is 11.9. The quantitative estimate of drug-likeness (QED) is 0.625. The normalized spacial score (nSPS) is 15.5. The molecule has 3 nitrogen and oxygen atoms in total. The topological polar surface area (TPSA) is 41.1 Å². The van der Waals surface area contributed by atoms with Gasteiger partial charge in [-0.05, 0) is 37.1 Å². The number of ketones is 1. The van der Waals surface area contributed by atoms with Gasteiger partial charge in [-0.1, -0.05) is 11.6 Å². The summed E-state index contributed by atoms with van der Waals surface area (Å²) >= 11 is 5.78. The van der Waals surface area contributed by atoms with E-state index in [9.17, 15) is 4.79 Å². The van der Waals surface area contributed by atoms with Crippen LogP contribution in [0.15, 0.2) is 36.2 Å². The van der Waals surface area contributed by atoms with Crippen molar-refractivity contribution in [2.45, 2.75) is 12.8 Å². The van der Waals surface area contributed by atoms with E-state index < -0.39 is 0 Å². The maximum Gasteiger partial charge on any atom is 0.189 e. The molecule has 0 aliphatic carbocycles. The van der Waals surface area contributed by atoms with Crippen molar-refractivity contribution in [3.8, 4) is 0 Å². The lowest BCUT2D eigenvalue weighted by molar-refractivity contribution is 0.104. The van der Waals surface area contributed by atoms with Gasteiger partial charge in [0.2, 0.25) is 0 Å². The summed E-state index contributed by atoms with van der Waals surface area (Å²) in [6.07, 6.45) is 3.85. The Labute approximate surface area is 106 Å². The monoisotopic (exact) mass is 250 g/mol. The van der Waals surface area contributed by atoms with Crippen LogP contribution in [0.5, 0.6) is 0 Å². The molecule has 1 fully saturated rings. The van der Waals surface area contributed by atoms with E-state index >= 15 is 0 Å². The molecular weight excluding hydrogens is 236 g/mol. The van der Waals surface area contributed by atoms with Crippen LogP contribution in [-0.4, -0.2) is 18.9 Å². The Kier molecular flexibility index (Phi) is 4.04.